The number of anilines is 1. The fourth-order valence-corrected chi connectivity index (χ4v) is 2.07. The molecule has 2 aromatic rings. The van der Waals surface area contributed by atoms with Crippen LogP contribution in [0.1, 0.15) is 12.5 Å². The highest BCUT2D eigenvalue weighted by Crippen LogP contribution is 2.20. The summed E-state index contributed by atoms with van der Waals surface area (Å²) in [7, 11) is 1.75. The number of nitrogens with one attached hydrogen (secondary N) is 1. The molecule has 1 atom stereocenters. The van der Waals surface area contributed by atoms with Crippen molar-refractivity contribution in [1.82, 2.24) is 4.90 Å². The maximum atomic E-state index is 13.6. The van der Waals surface area contributed by atoms with Gasteiger partial charge in [-0.2, -0.15) is 0 Å². The number of nitrogens with zero attached hydrogens (tertiary/aromatic N) is 1. The van der Waals surface area contributed by atoms with Gasteiger partial charge < -0.3 is 5.32 Å². The molecule has 122 valence electrons. The molecule has 0 unspecified atom stereocenters. The highest BCUT2D eigenvalue weighted by atomic mass is 19.2. The van der Waals surface area contributed by atoms with Crippen molar-refractivity contribution >= 4 is 11.6 Å². The van der Waals surface area contributed by atoms with Crippen molar-refractivity contribution in [3.63, 3.8) is 0 Å². The van der Waals surface area contributed by atoms with E-state index in [-0.39, 0.29) is 5.69 Å². The number of likely N-dealkylation sites (N-methyl/N-ethyl adjacent to an activating group) is 1. The second kappa shape index (κ2) is 7.28. The first-order chi connectivity index (χ1) is 10.9. The number of carbonyl (C=O) groups excluding carboxylic acids is 1. The minimum Gasteiger partial charge on any atom is -0.322 e. The van der Waals surface area contributed by atoms with Gasteiger partial charge in [0.15, 0.2) is 17.5 Å². The average Bonchev–Trinajstić information content (AvgIpc) is 2.55. The van der Waals surface area contributed by atoms with E-state index in [1.165, 1.54) is 0 Å². The van der Waals surface area contributed by atoms with Gasteiger partial charge in [0, 0.05) is 6.54 Å². The van der Waals surface area contributed by atoms with E-state index in [2.05, 4.69) is 5.32 Å². The summed E-state index contributed by atoms with van der Waals surface area (Å²) in [4.78, 5) is 13.9. The number of rotatable bonds is 5. The van der Waals surface area contributed by atoms with Crippen molar-refractivity contribution < 1.29 is 18.0 Å². The molecule has 0 aliphatic heterocycles. The Hall–Kier alpha value is -2.34. The molecule has 0 fully saturated rings. The number of amides is 1. The molecule has 3 nitrogen and oxygen atoms in total. The van der Waals surface area contributed by atoms with Crippen LogP contribution in [-0.4, -0.2) is 23.9 Å². The zero-order valence-corrected chi connectivity index (χ0v) is 12.8. The van der Waals surface area contributed by atoms with Crippen LogP contribution in [0.25, 0.3) is 0 Å². The Kier molecular flexibility index (Phi) is 5.39. The summed E-state index contributed by atoms with van der Waals surface area (Å²) >= 11 is 0. The molecule has 0 radical (unpaired) electrons. The molecule has 2 rings (SSSR count). The number of halogens is 3. The number of benzene rings is 2. The molecule has 6 heteroatoms. The molecule has 0 saturated carbocycles. The Morgan fingerprint density at radius 3 is 2.39 bits per heavy atom. The number of carbonyl (C=O) groups is 1. The molecule has 0 heterocycles. The topological polar surface area (TPSA) is 32.3 Å². The van der Waals surface area contributed by atoms with Gasteiger partial charge in [0.2, 0.25) is 5.91 Å². The molecular weight excluding hydrogens is 305 g/mol. The van der Waals surface area contributed by atoms with Gasteiger partial charge in [-0.05, 0) is 31.7 Å². The van der Waals surface area contributed by atoms with Crippen LogP contribution in [-0.2, 0) is 11.3 Å². The summed E-state index contributed by atoms with van der Waals surface area (Å²) in [6, 6.07) is 10.7. The molecule has 2 aromatic carbocycles. The molecule has 0 aromatic heterocycles. The Balaban J connectivity index is 2.04. The van der Waals surface area contributed by atoms with E-state index in [9.17, 15) is 18.0 Å². The van der Waals surface area contributed by atoms with Crippen LogP contribution in [0, 0.1) is 17.5 Å². The van der Waals surface area contributed by atoms with Gasteiger partial charge in [-0.25, -0.2) is 13.2 Å². The highest BCUT2D eigenvalue weighted by molar-refractivity contribution is 5.94. The summed E-state index contributed by atoms with van der Waals surface area (Å²) < 4.78 is 39.7. The molecule has 0 bridgehead atoms. The van der Waals surface area contributed by atoms with E-state index >= 15 is 0 Å². The van der Waals surface area contributed by atoms with E-state index in [1.54, 1.807) is 18.9 Å². The lowest BCUT2D eigenvalue weighted by Crippen LogP contribution is -2.39. The van der Waals surface area contributed by atoms with Gasteiger partial charge in [0.1, 0.15) is 0 Å². The fourth-order valence-electron chi connectivity index (χ4n) is 2.07. The van der Waals surface area contributed by atoms with Crippen LogP contribution in [0.4, 0.5) is 18.9 Å². The third-order valence-corrected chi connectivity index (χ3v) is 3.61. The largest absolute Gasteiger partial charge is 0.322 e. The van der Waals surface area contributed by atoms with Crippen molar-refractivity contribution in [2.24, 2.45) is 0 Å². The third kappa shape index (κ3) is 4.10. The maximum absolute atomic E-state index is 13.6. The monoisotopic (exact) mass is 322 g/mol. The van der Waals surface area contributed by atoms with E-state index in [1.807, 2.05) is 30.3 Å². The van der Waals surface area contributed by atoms with Crippen LogP contribution in [0.2, 0.25) is 0 Å². The van der Waals surface area contributed by atoms with Crippen molar-refractivity contribution in [2.45, 2.75) is 19.5 Å². The van der Waals surface area contributed by atoms with Crippen molar-refractivity contribution in [2.75, 3.05) is 12.4 Å². The van der Waals surface area contributed by atoms with E-state index in [4.69, 9.17) is 0 Å². The van der Waals surface area contributed by atoms with Crippen molar-refractivity contribution in [3.8, 4) is 0 Å². The van der Waals surface area contributed by atoms with Crippen LogP contribution < -0.4 is 5.32 Å². The summed E-state index contributed by atoms with van der Waals surface area (Å²) in [5, 5.41) is 2.28. The first-order valence-electron chi connectivity index (χ1n) is 7.08. The number of hydrogen-bond donors (Lipinski definition) is 1. The second-order valence-electron chi connectivity index (χ2n) is 5.29. The lowest BCUT2D eigenvalue weighted by molar-refractivity contribution is -0.120. The summed E-state index contributed by atoms with van der Waals surface area (Å²) in [5.41, 5.74) is 0.641. The van der Waals surface area contributed by atoms with Crippen LogP contribution in [0.3, 0.4) is 0 Å². The van der Waals surface area contributed by atoms with Gasteiger partial charge >= 0.3 is 0 Å². The molecular formula is C17H17F3N2O. The summed E-state index contributed by atoms with van der Waals surface area (Å²) in [6.07, 6.45) is 0. The standard InChI is InChI=1S/C17H17F3N2O/c1-11(22(2)10-12-6-4-3-5-7-12)17(23)21-14-9-8-13(18)15(19)16(14)20/h3-9,11H,10H2,1-2H3,(H,21,23)/t11-/m1/s1. The Bertz CT molecular complexity index is 692. The average molecular weight is 322 g/mol. The normalized spacial score (nSPS) is 12.3. The first-order valence-corrected chi connectivity index (χ1v) is 7.08. The van der Waals surface area contributed by atoms with Crippen LogP contribution in [0.15, 0.2) is 42.5 Å². The summed E-state index contributed by atoms with van der Waals surface area (Å²) in [5.74, 6) is -4.81. The Morgan fingerprint density at radius 2 is 1.74 bits per heavy atom. The second-order valence-corrected chi connectivity index (χ2v) is 5.29. The van der Waals surface area contributed by atoms with E-state index in [0.717, 1.165) is 17.7 Å². The lowest BCUT2D eigenvalue weighted by atomic mass is 10.2. The van der Waals surface area contributed by atoms with Gasteiger partial charge in [0.25, 0.3) is 0 Å². The Labute approximate surface area is 132 Å². The zero-order valence-electron chi connectivity index (χ0n) is 12.8. The van der Waals surface area contributed by atoms with Gasteiger partial charge in [-0.3, -0.25) is 9.69 Å². The van der Waals surface area contributed by atoms with Crippen LogP contribution in [0.5, 0.6) is 0 Å². The minimum absolute atomic E-state index is 0.381. The third-order valence-electron chi connectivity index (χ3n) is 3.61. The first kappa shape index (κ1) is 17.0. The molecule has 1 amide bonds. The van der Waals surface area contributed by atoms with Crippen LogP contribution >= 0.6 is 0 Å². The van der Waals surface area contributed by atoms with Gasteiger partial charge in [-0.15, -0.1) is 0 Å². The predicted octanol–water partition coefficient (Wildman–Crippen LogP) is 3.56. The Morgan fingerprint density at radius 1 is 1.09 bits per heavy atom. The maximum Gasteiger partial charge on any atom is 0.241 e. The molecule has 0 spiro atoms. The van der Waals surface area contributed by atoms with Crippen molar-refractivity contribution in [3.05, 3.63) is 65.5 Å². The van der Waals surface area contributed by atoms with Gasteiger partial charge in [-0.1, -0.05) is 30.3 Å². The zero-order chi connectivity index (χ0) is 17.0. The summed E-state index contributed by atoms with van der Waals surface area (Å²) in [6.45, 7) is 2.17. The SMILES string of the molecule is C[C@H](C(=O)Nc1ccc(F)c(F)c1F)N(C)Cc1ccccc1. The number of hydrogen-bond acceptors (Lipinski definition) is 2. The fraction of sp³-hybridized carbons (Fsp3) is 0.235. The predicted molar refractivity (Wildman–Crippen MR) is 82.3 cm³/mol. The van der Waals surface area contributed by atoms with Gasteiger partial charge in [0.05, 0.1) is 11.7 Å². The lowest BCUT2D eigenvalue weighted by Gasteiger charge is -2.24. The quantitative estimate of drug-likeness (QED) is 0.854. The molecule has 0 aliphatic rings. The smallest absolute Gasteiger partial charge is 0.241 e. The minimum atomic E-state index is -1.60. The molecule has 1 N–H and O–H groups in total. The van der Waals surface area contributed by atoms with E-state index in [0.29, 0.717) is 6.54 Å². The van der Waals surface area contributed by atoms with Crippen molar-refractivity contribution in [1.29, 1.82) is 0 Å². The van der Waals surface area contributed by atoms with E-state index < -0.39 is 29.4 Å². The molecule has 0 saturated heterocycles. The molecule has 23 heavy (non-hydrogen) atoms. The molecule has 0 aliphatic carbocycles. The highest BCUT2D eigenvalue weighted by Gasteiger charge is 2.21.